The number of benzene rings is 1. The van der Waals surface area contributed by atoms with Gasteiger partial charge in [-0.2, -0.15) is 0 Å². The van der Waals surface area contributed by atoms with Crippen LogP contribution in [0, 0.1) is 6.92 Å². The topological polar surface area (TPSA) is 68.0 Å². The third-order valence-electron chi connectivity index (χ3n) is 3.60. The number of nitrogens with one attached hydrogen (secondary N) is 1. The van der Waals surface area contributed by atoms with E-state index in [1.165, 1.54) is 0 Å². The summed E-state index contributed by atoms with van der Waals surface area (Å²) in [7, 11) is 0. The zero-order chi connectivity index (χ0) is 15.1. The van der Waals surface area contributed by atoms with Crippen LogP contribution in [-0.4, -0.2) is 17.4 Å². The first kappa shape index (κ1) is 21.6. The van der Waals surface area contributed by atoms with Crippen molar-refractivity contribution in [3.63, 3.8) is 0 Å². The van der Waals surface area contributed by atoms with E-state index in [1.807, 2.05) is 31.2 Å². The van der Waals surface area contributed by atoms with Crippen LogP contribution in [0.5, 0.6) is 0 Å². The second-order valence-corrected chi connectivity index (χ2v) is 5.33. The second kappa shape index (κ2) is 11.2. The predicted octanol–water partition coefficient (Wildman–Crippen LogP) is 4.23. The Labute approximate surface area is 150 Å². The molecule has 2 aromatic rings. The molecule has 0 bridgehead atoms. The first-order chi connectivity index (χ1) is 10.2. The van der Waals surface area contributed by atoms with Crippen molar-refractivity contribution in [3.8, 4) is 0 Å². The van der Waals surface area contributed by atoms with E-state index in [0.29, 0.717) is 6.42 Å². The number of nitrogens with zero attached hydrogens (tertiary/aromatic N) is 1. The molecule has 0 fully saturated rings. The van der Waals surface area contributed by atoms with Crippen LogP contribution < -0.4 is 11.1 Å². The maximum absolute atomic E-state index is 12.0. The minimum Gasteiger partial charge on any atom is -0.330 e. The maximum atomic E-state index is 12.0. The lowest BCUT2D eigenvalue weighted by Gasteiger charge is -2.10. The fraction of sp³-hybridized carbons (Fsp3) is 0.412. The molecule has 1 amide bonds. The van der Waals surface area contributed by atoms with Crippen LogP contribution in [0.3, 0.4) is 0 Å². The first-order valence-corrected chi connectivity index (χ1v) is 7.56. The van der Waals surface area contributed by atoms with Gasteiger partial charge < -0.3 is 11.1 Å². The van der Waals surface area contributed by atoms with E-state index in [2.05, 4.69) is 10.3 Å². The molecule has 0 radical (unpaired) electrons. The highest BCUT2D eigenvalue weighted by molar-refractivity contribution is 6.01. The van der Waals surface area contributed by atoms with E-state index in [0.717, 1.165) is 54.4 Å². The number of unbranched alkanes of at least 4 members (excludes halogenated alkanes) is 3. The molecule has 0 saturated heterocycles. The summed E-state index contributed by atoms with van der Waals surface area (Å²) in [6, 6.07) is 7.83. The highest BCUT2D eigenvalue weighted by Crippen LogP contribution is 2.24. The smallest absolute Gasteiger partial charge is 0.224 e. The van der Waals surface area contributed by atoms with Crippen LogP contribution in [0.4, 0.5) is 5.69 Å². The summed E-state index contributed by atoms with van der Waals surface area (Å²) in [6.07, 6.45) is 6.43. The monoisotopic (exact) mass is 357 g/mol. The quantitative estimate of drug-likeness (QED) is 0.728. The lowest BCUT2D eigenvalue weighted by molar-refractivity contribution is -0.116. The van der Waals surface area contributed by atoms with E-state index in [4.69, 9.17) is 5.73 Å². The van der Waals surface area contributed by atoms with E-state index >= 15 is 0 Å². The summed E-state index contributed by atoms with van der Waals surface area (Å²) in [4.78, 5) is 16.4. The molecule has 4 nitrogen and oxygen atoms in total. The number of amides is 1. The molecular weight excluding hydrogens is 333 g/mol. The van der Waals surface area contributed by atoms with Gasteiger partial charge in [0, 0.05) is 18.0 Å². The van der Waals surface area contributed by atoms with Crippen LogP contribution in [0.15, 0.2) is 30.5 Å². The SMILES string of the molecule is Cc1ccc(NC(=O)CCCCCCN)c2cccnc12.Cl.Cl. The van der Waals surface area contributed by atoms with Gasteiger partial charge in [-0.1, -0.05) is 18.9 Å². The summed E-state index contributed by atoms with van der Waals surface area (Å²) < 4.78 is 0. The standard InChI is InChI=1S/C17H23N3O.2ClH/c1-13-9-10-15(14-7-6-12-19-17(13)14)20-16(21)8-4-2-3-5-11-18;;/h6-7,9-10,12H,2-5,8,11,18H2,1H3,(H,20,21);2*1H. The normalized spacial score (nSPS) is 9.83. The van der Waals surface area contributed by atoms with Crippen molar-refractivity contribution in [2.24, 2.45) is 5.73 Å². The molecule has 0 spiro atoms. The summed E-state index contributed by atoms with van der Waals surface area (Å²) in [6.45, 7) is 2.76. The average Bonchev–Trinajstić information content (AvgIpc) is 2.50. The first-order valence-electron chi connectivity index (χ1n) is 7.56. The summed E-state index contributed by atoms with van der Waals surface area (Å²) >= 11 is 0. The van der Waals surface area contributed by atoms with E-state index in [1.54, 1.807) is 6.20 Å². The van der Waals surface area contributed by atoms with Crippen molar-refractivity contribution in [2.45, 2.75) is 39.0 Å². The molecule has 0 atom stereocenters. The summed E-state index contributed by atoms with van der Waals surface area (Å²) in [5.74, 6) is 0.0664. The number of halogens is 2. The number of hydrogen-bond acceptors (Lipinski definition) is 3. The molecule has 0 saturated carbocycles. The van der Waals surface area contributed by atoms with Gasteiger partial charge in [-0.05, 0) is 50.1 Å². The van der Waals surface area contributed by atoms with Crippen LogP contribution >= 0.6 is 24.8 Å². The number of carbonyl (C=O) groups is 1. The third kappa shape index (κ3) is 6.34. The molecule has 0 unspecified atom stereocenters. The fourth-order valence-electron chi connectivity index (χ4n) is 2.42. The summed E-state index contributed by atoms with van der Waals surface area (Å²) in [5.41, 5.74) is 8.35. The number of pyridine rings is 1. The zero-order valence-corrected chi connectivity index (χ0v) is 15.0. The van der Waals surface area contributed by atoms with Crippen molar-refractivity contribution in [3.05, 3.63) is 36.0 Å². The number of fused-ring (bicyclic) bond motifs is 1. The van der Waals surface area contributed by atoms with Gasteiger partial charge in [-0.25, -0.2) is 0 Å². The number of rotatable bonds is 7. The Morgan fingerprint density at radius 1 is 1.13 bits per heavy atom. The van der Waals surface area contributed by atoms with Crippen molar-refractivity contribution in [1.29, 1.82) is 0 Å². The van der Waals surface area contributed by atoms with Gasteiger partial charge in [0.25, 0.3) is 0 Å². The van der Waals surface area contributed by atoms with Crippen LogP contribution in [0.1, 0.15) is 37.7 Å². The largest absolute Gasteiger partial charge is 0.330 e. The molecule has 23 heavy (non-hydrogen) atoms. The fourth-order valence-corrected chi connectivity index (χ4v) is 2.42. The van der Waals surface area contributed by atoms with Gasteiger partial charge in [0.1, 0.15) is 0 Å². The van der Waals surface area contributed by atoms with E-state index < -0.39 is 0 Å². The lowest BCUT2D eigenvalue weighted by Crippen LogP contribution is -2.11. The highest BCUT2D eigenvalue weighted by Gasteiger charge is 2.07. The Morgan fingerprint density at radius 3 is 2.61 bits per heavy atom. The molecule has 1 aromatic carbocycles. The van der Waals surface area contributed by atoms with Crippen LogP contribution in [-0.2, 0) is 4.79 Å². The molecule has 128 valence electrons. The molecule has 3 N–H and O–H groups in total. The highest BCUT2D eigenvalue weighted by atomic mass is 35.5. The molecule has 1 aromatic heterocycles. The minimum absolute atomic E-state index is 0. The number of aromatic nitrogens is 1. The number of aryl methyl sites for hydroxylation is 1. The number of hydrogen-bond donors (Lipinski definition) is 2. The number of nitrogens with two attached hydrogens (primary N) is 1. The second-order valence-electron chi connectivity index (χ2n) is 5.33. The average molecular weight is 358 g/mol. The van der Waals surface area contributed by atoms with Crippen molar-refractivity contribution in [2.75, 3.05) is 11.9 Å². The molecule has 0 aliphatic carbocycles. The molecule has 6 heteroatoms. The van der Waals surface area contributed by atoms with Crippen LogP contribution in [0.25, 0.3) is 10.9 Å². The van der Waals surface area contributed by atoms with Crippen molar-refractivity contribution < 1.29 is 4.79 Å². The molecular formula is C17H25Cl2N3O. The van der Waals surface area contributed by atoms with Crippen molar-refractivity contribution in [1.82, 2.24) is 4.98 Å². The van der Waals surface area contributed by atoms with Gasteiger partial charge in [0.15, 0.2) is 0 Å². The van der Waals surface area contributed by atoms with Gasteiger partial charge >= 0.3 is 0 Å². The van der Waals surface area contributed by atoms with Gasteiger partial charge in [0.2, 0.25) is 5.91 Å². The predicted molar refractivity (Wildman–Crippen MR) is 102 cm³/mol. The minimum atomic E-state index is 0. The number of carbonyl (C=O) groups excluding carboxylic acids is 1. The zero-order valence-electron chi connectivity index (χ0n) is 13.4. The Kier molecular flexibility index (Phi) is 10.6. The molecule has 1 heterocycles. The van der Waals surface area contributed by atoms with Gasteiger partial charge in [-0.3, -0.25) is 9.78 Å². The lowest BCUT2D eigenvalue weighted by atomic mass is 10.1. The summed E-state index contributed by atoms with van der Waals surface area (Å²) in [5, 5.41) is 3.99. The van der Waals surface area contributed by atoms with E-state index in [9.17, 15) is 4.79 Å². The number of anilines is 1. The Bertz CT molecular complexity index is 620. The Morgan fingerprint density at radius 2 is 1.87 bits per heavy atom. The third-order valence-corrected chi connectivity index (χ3v) is 3.60. The molecule has 0 aliphatic heterocycles. The Balaban J connectivity index is 0.00000242. The van der Waals surface area contributed by atoms with Gasteiger partial charge in [-0.15, -0.1) is 24.8 Å². The molecule has 2 rings (SSSR count). The Hall–Kier alpha value is -1.36. The molecule has 0 aliphatic rings. The van der Waals surface area contributed by atoms with E-state index in [-0.39, 0.29) is 30.7 Å². The van der Waals surface area contributed by atoms with Crippen LogP contribution in [0.2, 0.25) is 0 Å². The van der Waals surface area contributed by atoms with Crippen molar-refractivity contribution >= 4 is 47.3 Å². The van der Waals surface area contributed by atoms with Gasteiger partial charge in [0.05, 0.1) is 11.2 Å². The maximum Gasteiger partial charge on any atom is 0.224 e.